The fraction of sp³-hybridized carbons (Fsp3) is 0.667. The Labute approximate surface area is 142 Å². The van der Waals surface area contributed by atoms with E-state index in [1.54, 1.807) is 6.92 Å². The Morgan fingerprint density at radius 2 is 1.61 bits per heavy atom. The Hall–Kier alpha value is -1.15. The van der Waals surface area contributed by atoms with Crippen LogP contribution in [0.3, 0.4) is 0 Å². The second-order valence-electron chi connectivity index (χ2n) is 6.42. The topological polar surface area (TPSA) is 29.6 Å². The first-order valence-corrected chi connectivity index (χ1v) is 9.34. The molecule has 0 amide bonds. The van der Waals surface area contributed by atoms with Crippen LogP contribution in [0.5, 0.6) is 0 Å². The first-order valence-electron chi connectivity index (χ1n) is 9.34. The van der Waals surface area contributed by atoms with Gasteiger partial charge in [0.05, 0.1) is 12.2 Å². The molecule has 2 atom stereocenters. The predicted octanol–water partition coefficient (Wildman–Crippen LogP) is 5.93. The first kappa shape index (κ1) is 19.9. The summed E-state index contributed by atoms with van der Waals surface area (Å²) in [5.41, 5.74) is 0. The zero-order valence-electron chi connectivity index (χ0n) is 15.0. The fourth-order valence-corrected chi connectivity index (χ4v) is 2.60. The minimum atomic E-state index is 0.286. The second kappa shape index (κ2) is 13.3. The molecule has 0 bridgehead atoms. The molecule has 0 aromatic heterocycles. The summed E-state index contributed by atoms with van der Waals surface area (Å²) >= 11 is 0. The van der Waals surface area contributed by atoms with Gasteiger partial charge in [0.2, 0.25) is 0 Å². The molecule has 1 rings (SSSR count). The van der Waals surface area contributed by atoms with Gasteiger partial charge in [-0.2, -0.15) is 0 Å². The van der Waals surface area contributed by atoms with Crippen LogP contribution in [0.2, 0.25) is 0 Å². The van der Waals surface area contributed by atoms with Gasteiger partial charge in [-0.3, -0.25) is 0 Å². The van der Waals surface area contributed by atoms with Crippen molar-refractivity contribution in [1.29, 1.82) is 0 Å². The van der Waals surface area contributed by atoms with Crippen LogP contribution in [0, 0.1) is 0 Å². The van der Waals surface area contributed by atoms with Crippen molar-refractivity contribution in [1.82, 2.24) is 0 Å². The Bertz CT molecular complexity index is 393. The third kappa shape index (κ3) is 12.0. The van der Waals surface area contributed by atoms with E-state index in [0.29, 0.717) is 18.6 Å². The maximum atomic E-state index is 10.8. The van der Waals surface area contributed by atoms with Crippen LogP contribution in [0.4, 0.5) is 0 Å². The van der Waals surface area contributed by atoms with Crippen molar-refractivity contribution < 1.29 is 9.53 Å². The smallest absolute Gasteiger partial charge is 0.129 e. The molecule has 0 saturated carbocycles. The number of hydrogen-bond acceptors (Lipinski definition) is 2. The van der Waals surface area contributed by atoms with Gasteiger partial charge in [-0.05, 0) is 45.4 Å². The molecule has 0 N–H and O–H groups in total. The van der Waals surface area contributed by atoms with Crippen molar-refractivity contribution in [3.63, 3.8) is 0 Å². The highest BCUT2D eigenvalue weighted by Crippen LogP contribution is 2.30. The van der Waals surface area contributed by atoms with Gasteiger partial charge < -0.3 is 9.53 Å². The van der Waals surface area contributed by atoms with Gasteiger partial charge in [0, 0.05) is 6.42 Å². The SMILES string of the molecule is CCCCCC1OC1C/C=C\C/C=C\C/C=C\CCCC(C)=O. The molecule has 23 heavy (non-hydrogen) atoms. The van der Waals surface area contributed by atoms with Crippen molar-refractivity contribution in [3.8, 4) is 0 Å². The van der Waals surface area contributed by atoms with Crippen LogP contribution >= 0.6 is 0 Å². The number of rotatable bonds is 14. The molecule has 2 nitrogen and oxygen atoms in total. The number of ether oxygens (including phenoxy) is 1. The standard InChI is InChI=1S/C21H34O2/c1-3-4-13-17-20-21(23-20)18-15-12-10-8-6-5-7-9-11-14-16-19(2)22/h6-9,12,15,20-21H,3-5,10-11,13-14,16-18H2,1-2H3/b8-6-,9-7-,15-12-. The summed E-state index contributed by atoms with van der Waals surface area (Å²) in [6, 6.07) is 0. The van der Waals surface area contributed by atoms with Crippen LogP contribution in [-0.2, 0) is 9.53 Å². The molecule has 0 aliphatic carbocycles. The summed E-state index contributed by atoms with van der Waals surface area (Å²) in [4.78, 5) is 10.8. The molecule has 1 aliphatic rings. The predicted molar refractivity (Wildman–Crippen MR) is 98.6 cm³/mol. The van der Waals surface area contributed by atoms with E-state index in [1.807, 2.05) is 0 Å². The van der Waals surface area contributed by atoms with E-state index < -0.39 is 0 Å². The largest absolute Gasteiger partial charge is 0.369 e. The molecule has 0 spiro atoms. The lowest BCUT2D eigenvalue weighted by Crippen LogP contribution is -1.92. The number of Topliss-reactive ketones (excluding diaryl/α,β-unsaturated/α-hetero) is 1. The van der Waals surface area contributed by atoms with Gasteiger partial charge in [0.25, 0.3) is 0 Å². The molecule has 2 unspecified atom stereocenters. The average Bonchev–Trinajstić information content (AvgIpc) is 3.27. The highest BCUT2D eigenvalue weighted by atomic mass is 16.6. The van der Waals surface area contributed by atoms with Crippen LogP contribution in [0.15, 0.2) is 36.5 Å². The van der Waals surface area contributed by atoms with E-state index in [2.05, 4.69) is 43.4 Å². The van der Waals surface area contributed by atoms with Crippen molar-refractivity contribution in [2.24, 2.45) is 0 Å². The zero-order chi connectivity index (χ0) is 16.8. The lowest BCUT2D eigenvalue weighted by atomic mass is 10.1. The van der Waals surface area contributed by atoms with Crippen molar-refractivity contribution in [3.05, 3.63) is 36.5 Å². The summed E-state index contributed by atoms with van der Waals surface area (Å²) in [5, 5.41) is 0. The molecule has 2 heteroatoms. The van der Waals surface area contributed by atoms with Crippen LogP contribution in [0.25, 0.3) is 0 Å². The quantitative estimate of drug-likeness (QED) is 0.225. The number of ketones is 1. The number of unbranched alkanes of at least 4 members (excludes halogenated alkanes) is 3. The molecule has 0 radical (unpaired) electrons. The lowest BCUT2D eigenvalue weighted by Gasteiger charge is -1.93. The normalized spacial score (nSPS) is 21.0. The van der Waals surface area contributed by atoms with E-state index in [-0.39, 0.29) is 5.78 Å². The summed E-state index contributed by atoms with van der Waals surface area (Å²) in [6.07, 6.45) is 25.2. The average molecular weight is 319 g/mol. The highest BCUT2D eigenvalue weighted by molar-refractivity contribution is 5.75. The highest BCUT2D eigenvalue weighted by Gasteiger charge is 2.36. The maximum absolute atomic E-state index is 10.8. The van der Waals surface area contributed by atoms with Crippen molar-refractivity contribution >= 4 is 5.78 Å². The molecule has 1 fully saturated rings. The Morgan fingerprint density at radius 1 is 0.913 bits per heavy atom. The first-order chi connectivity index (χ1) is 11.2. The number of carbonyl (C=O) groups is 1. The molecule has 0 aromatic rings. The minimum absolute atomic E-state index is 0.286. The Morgan fingerprint density at radius 3 is 2.30 bits per heavy atom. The van der Waals surface area contributed by atoms with Gasteiger partial charge in [0.15, 0.2) is 0 Å². The van der Waals surface area contributed by atoms with E-state index in [9.17, 15) is 4.79 Å². The third-order valence-corrected chi connectivity index (χ3v) is 4.09. The Kier molecular flexibility index (Phi) is 11.5. The van der Waals surface area contributed by atoms with Crippen LogP contribution in [0.1, 0.15) is 78.1 Å². The van der Waals surface area contributed by atoms with Crippen molar-refractivity contribution in [2.75, 3.05) is 0 Å². The summed E-state index contributed by atoms with van der Waals surface area (Å²) in [5.74, 6) is 0.286. The fourth-order valence-electron chi connectivity index (χ4n) is 2.60. The van der Waals surface area contributed by atoms with Gasteiger partial charge >= 0.3 is 0 Å². The molecular formula is C21H34O2. The number of epoxide rings is 1. The molecule has 0 aromatic carbocycles. The van der Waals surface area contributed by atoms with Gasteiger partial charge in [-0.25, -0.2) is 0 Å². The van der Waals surface area contributed by atoms with E-state index in [0.717, 1.165) is 32.1 Å². The van der Waals surface area contributed by atoms with Crippen LogP contribution in [-0.4, -0.2) is 18.0 Å². The molecule has 1 heterocycles. The van der Waals surface area contributed by atoms with Gasteiger partial charge in [-0.15, -0.1) is 0 Å². The van der Waals surface area contributed by atoms with E-state index in [4.69, 9.17) is 4.74 Å². The lowest BCUT2D eigenvalue weighted by molar-refractivity contribution is -0.117. The Balaban J connectivity index is 1.90. The number of hydrogen-bond donors (Lipinski definition) is 0. The summed E-state index contributed by atoms with van der Waals surface area (Å²) < 4.78 is 5.67. The zero-order valence-corrected chi connectivity index (χ0v) is 15.0. The summed E-state index contributed by atoms with van der Waals surface area (Å²) in [6.45, 7) is 3.90. The second-order valence-corrected chi connectivity index (χ2v) is 6.42. The molecule has 130 valence electrons. The number of carbonyl (C=O) groups excluding carboxylic acids is 1. The maximum Gasteiger partial charge on any atom is 0.129 e. The van der Waals surface area contributed by atoms with E-state index in [1.165, 1.54) is 25.7 Å². The van der Waals surface area contributed by atoms with Gasteiger partial charge in [0.1, 0.15) is 5.78 Å². The molecule has 1 saturated heterocycles. The monoisotopic (exact) mass is 318 g/mol. The summed E-state index contributed by atoms with van der Waals surface area (Å²) in [7, 11) is 0. The van der Waals surface area contributed by atoms with Crippen LogP contribution < -0.4 is 0 Å². The van der Waals surface area contributed by atoms with E-state index >= 15 is 0 Å². The molecule has 1 aliphatic heterocycles. The van der Waals surface area contributed by atoms with Crippen molar-refractivity contribution in [2.45, 2.75) is 90.3 Å². The molecular weight excluding hydrogens is 284 g/mol. The van der Waals surface area contributed by atoms with Gasteiger partial charge in [-0.1, -0.05) is 62.6 Å². The third-order valence-electron chi connectivity index (χ3n) is 4.09. The minimum Gasteiger partial charge on any atom is -0.369 e. The number of allylic oxidation sites excluding steroid dienone is 5.